The van der Waals surface area contributed by atoms with Crippen molar-refractivity contribution in [1.82, 2.24) is 0 Å². The summed E-state index contributed by atoms with van der Waals surface area (Å²) in [5, 5.41) is 0. The van der Waals surface area contributed by atoms with E-state index < -0.39 is 0 Å². The van der Waals surface area contributed by atoms with E-state index in [4.69, 9.17) is 18.9 Å². The molecule has 0 spiro atoms. The lowest BCUT2D eigenvalue weighted by atomic mass is 9.83. The molecular weight excluding hydrogens is 320 g/mol. The first-order valence-electron chi connectivity index (χ1n) is 8.10. The standard InChI is InChI=1S/C20H22O5/c1-11-6-12(2)19-14(10-18(21)25-15(19)7-11)13-8-16(22-3)20(24-5)17(9-13)23-4/h6-9,14H,10H2,1-5H3/t14-/m1/s1. The maximum absolute atomic E-state index is 12.2. The lowest BCUT2D eigenvalue weighted by Crippen LogP contribution is -2.22. The molecule has 2 aromatic carbocycles. The van der Waals surface area contributed by atoms with E-state index in [9.17, 15) is 4.79 Å². The van der Waals surface area contributed by atoms with Gasteiger partial charge in [0.1, 0.15) is 5.75 Å². The minimum atomic E-state index is -0.240. The summed E-state index contributed by atoms with van der Waals surface area (Å²) < 4.78 is 21.8. The summed E-state index contributed by atoms with van der Waals surface area (Å²) in [4.78, 5) is 12.2. The van der Waals surface area contributed by atoms with E-state index in [-0.39, 0.29) is 18.3 Å². The summed E-state index contributed by atoms with van der Waals surface area (Å²) in [6.45, 7) is 4.03. The van der Waals surface area contributed by atoms with Crippen LogP contribution >= 0.6 is 0 Å². The summed E-state index contributed by atoms with van der Waals surface area (Å²) >= 11 is 0. The average Bonchev–Trinajstić information content (AvgIpc) is 2.58. The van der Waals surface area contributed by atoms with Crippen molar-refractivity contribution in [3.05, 3.63) is 46.5 Å². The van der Waals surface area contributed by atoms with Crippen LogP contribution < -0.4 is 18.9 Å². The highest BCUT2D eigenvalue weighted by molar-refractivity contribution is 5.78. The summed E-state index contributed by atoms with van der Waals surface area (Å²) in [5.41, 5.74) is 4.12. The van der Waals surface area contributed by atoms with Crippen LogP contribution in [0.3, 0.4) is 0 Å². The first kappa shape index (κ1) is 17.1. The highest BCUT2D eigenvalue weighted by Crippen LogP contribution is 2.46. The molecule has 2 aromatic rings. The number of ether oxygens (including phenoxy) is 4. The molecule has 0 fully saturated rings. The predicted molar refractivity (Wildman–Crippen MR) is 94.1 cm³/mol. The third kappa shape index (κ3) is 3.02. The molecule has 132 valence electrons. The van der Waals surface area contributed by atoms with Gasteiger partial charge in [0.15, 0.2) is 11.5 Å². The van der Waals surface area contributed by atoms with Crippen molar-refractivity contribution in [3.63, 3.8) is 0 Å². The van der Waals surface area contributed by atoms with Crippen molar-refractivity contribution >= 4 is 5.97 Å². The Morgan fingerprint density at radius 3 is 2.16 bits per heavy atom. The first-order valence-corrected chi connectivity index (χ1v) is 8.10. The molecule has 3 rings (SSSR count). The Kier molecular flexibility index (Phi) is 4.57. The maximum atomic E-state index is 12.2. The summed E-state index contributed by atoms with van der Waals surface area (Å²) in [6, 6.07) is 7.80. The number of fused-ring (bicyclic) bond motifs is 1. The fourth-order valence-electron chi connectivity index (χ4n) is 3.49. The van der Waals surface area contributed by atoms with E-state index in [1.165, 1.54) is 0 Å². The Morgan fingerprint density at radius 2 is 1.60 bits per heavy atom. The Labute approximate surface area is 147 Å². The van der Waals surface area contributed by atoms with Crippen molar-refractivity contribution in [2.45, 2.75) is 26.2 Å². The number of aryl methyl sites for hydroxylation is 2. The molecule has 0 aromatic heterocycles. The van der Waals surface area contributed by atoms with Gasteiger partial charge in [-0.1, -0.05) is 6.07 Å². The Bertz CT molecular complexity index is 800. The topological polar surface area (TPSA) is 54.0 Å². The molecule has 1 atom stereocenters. The molecule has 5 heteroatoms. The number of carbonyl (C=O) groups excluding carboxylic acids is 1. The van der Waals surface area contributed by atoms with Crippen molar-refractivity contribution in [1.29, 1.82) is 0 Å². The zero-order valence-corrected chi connectivity index (χ0v) is 15.1. The molecule has 0 N–H and O–H groups in total. The SMILES string of the molecule is COc1cc([C@H]2CC(=O)Oc3cc(C)cc(C)c32)cc(OC)c1OC. The van der Waals surface area contributed by atoms with Crippen LogP contribution in [0.25, 0.3) is 0 Å². The van der Waals surface area contributed by atoms with Crippen molar-refractivity contribution in [3.8, 4) is 23.0 Å². The molecule has 0 saturated heterocycles. The number of rotatable bonds is 4. The Hall–Kier alpha value is -2.69. The number of methoxy groups -OCH3 is 3. The van der Waals surface area contributed by atoms with Crippen molar-refractivity contribution < 1.29 is 23.7 Å². The van der Waals surface area contributed by atoms with Gasteiger partial charge in [-0.25, -0.2) is 0 Å². The van der Waals surface area contributed by atoms with Crippen molar-refractivity contribution in [2.75, 3.05) is 21.3 Å². The molecule has 0 unspecified atom stereocenters. The summed E-state index contributed by atoms with van der Waals surface area (Å²) in [6.07, 6.45) is 0.273. The summed E-state index contributed by atoms with van der Waals surface area (Å²) in [7, 11) is 4.73. The largest absolute Gasteiger partial charge is 0.493 e. The van der Waals surface area contributed by atoms with Crippen LogP contribution in [0.1, 0.15) is 34.6 Å². The maximum Gasteiger partial charge on any atom is 0.312 e. The molecule has 0 radical (unpaired) electrons. The second-order valence-electron chi connectivity index (χ2n) is 6.18. The second kappa shape index (κ2) is 6.67. The molecule has 1 heterocycles. The third-order valence-corrected chi connectivity index (χ3v) is 4.53. The molecule has 0 saturated carbocycles. The normalized spacial score (nSPS) is 16.0. The lowest BCUT2D eigenvalue weighted by Gasteiger charge is -2.28. The predicted octanol–water partition coefficient (Wildman–Crippen LogP) is 3.77. The Morgan fingerprint density at radius 1 is 0.960 bits per heavy atom. The van der Waals surface area contributed by atoms with Gasteiger partial charge in [0.25, 0.3) is 0 Å². The van der Waals surface area contributed by atoms with Gasteiger partial charge in [0.05, 0.1) is 27.8 Å². The molecule has 5 nitrogen and oxygen atoms in total. The number of hydrogen-bond acceptors (Lipinski definition) is 5. The van der Waals surface area contributed by atoms with Gasteiger partial charge in [0, 0.05) is 11.5 Å². The lowest BCUT2D eigenvalue weighted by molar-refractivity contribution is -0.135. The quantitative estimate of drug-likeness (QED) is 0.625. The van der Waals surface area contributed by atoms with Gasteiger partial charge in [-0.15, -0.1) is 0 Å². The van der Waals surface area contributed by atoms with Gasteiger partial charge in [-0.2, -0.15) is 0 Å². The van der Waals surface area contributed by atoms with Gasteiger partial charge in [-0.05, 0) is 48.7 Å². The van der Waals surface area contributed by atoms with Crippen LogP contribution in [0.2, 0.25) is 0 Å². The smallest absolute Gasteiger partial charge is 0.312 e. The number of benzene rings is 2. The molecule has 0 aliphatic carbocycles. The van der Waals surface area contributed by atoms with E-state index in [1.54, 1.807) is 21.3 Å². The van der Waals surface area contributed by atoms with Crippen LogP contribution in [0.15, 0.2) is 24.3 Å². The average molecular weight is 342 g/mol. The molecule has 25 heavy (non-hydrogen) atoms. The van der Waals surface area contributed by atoms with E-state index in [0.717, 1.165) is 22.3 Å². The number of esters is 1. The zero-order valence-electron chi connectivity index (χ0n) is 15.1. The van der Waals surface area contributed by atoms with Gasteiger partial charge >= 0.3 is 5.97 Å². The van der Waals surface area contributed by atoms with E-state index in [2.05, 4.69) is 6.07 Å². The fraction of sp³-hybridized carbons (Fsp3) is 0.350. The molecular formula is C20H22O5. The van der Waals surface area contributed by atoms with E-state index in [1.807, 2.05) is 32.0 Å². The highest BCUT2D eigenvalue weighted by Gasteiger charge is 2.31. The van der Waals surface area contributed by atoms with Gasteiger partial charge in [0.2, 0.25) is 5.75 Å². The van der Waals surface area contributed by atoms with Crippen LogP contribution in [-0.4, -0.2) is 27.3 Å². The van der Waals surface area contributed by atoms with Crippen LogP contribution in [0, 0.1) is 13.8 Å². The third-order valence-electron chi connectivity index (χ3n) is 4.53. The fourth-order valence-corrected chi connectivity index (χ4v) is 3.49. The monoisotopic (exact) mass is 342 g/mol. The van der Waals surface area contributed by atoms with Gasteiger partial charge < -0.3 is 18.9 Å². The van der Waals surface area contributed by atoms with E-state index in [0.29, 0.717) is 23.0 Å². The van der Waals surface area contributed by atoms with E-state index >= 15 is 0 Å². The minimum absolute atomic E-state index is 0.120. The second-order valence-corrected chi connectivity index (χ2v) is 6.18. The Balaban J connectivity index is 2.19. The van der Waals surface area contributed by atoms with Crippen molar-refractivity contribution in [2.24, 2.45) is 0 Å². The minimum Gasteiger partial charge on any atom is -0.493 e. The van der Waals surface area contributed by atoms with Crippen LogP contribution in [0.5, 0.6) is 23.0 Å². The molecule has 0 bridgehead atoms. The molecule has 0 amide bonds. The van der Waals surface area contributed by atoms with Gasteiger partial charge in [-0.3, -0.25) is 4.79 Å². The van der Waals surface area contributed by atoms with Crippen LogP contribution in [-0.2, 0) is 4.79 Å². The highest BCUT2D eigenvalue weighted by atomic mass is 16.5. The van der Waals surface area contributed by atoms with Crippen LogP contribution in [0.4, 0.5) is 0 Å². The summed E-state index contributed by atoms with van der Waals surface area (Å²) in [5.74, 6) is 1.95. The first-order chi connectivity index (χ1) is 12.0. The zero-order chi connectivity index (χ0) is 18.1. The number of hydrogen-bond donors (Lipinski definition) is 0. The molecule has 1 aliphatic heterocycles. The number of carbonyl (C=O) groups is 1. The molecule has 1 aliphatic rings.